The Hall–Kier alpha value is -3.16. The number of hydrogen-bond donors (Lipinski definition) is 0. The van der Waals surface area contributed by atoms with Crippen LogP contribution in [0.3, 0.4) is 0 Å². The van der Waals surface area contributed by atoms with Crippen molar-refractivity contribution in [2.45, 2.75) is 30.7 Å². The highest BCUT2D eigenvalue weighted by atomic mass is 19.4. The number of likely N-dealkylation sites (tertiary alicyclic amines) is 1. The van der Waals surface area contributed by atoms with E-state index in [-0.39, 0.29) is 37.0 Å². The van der Waals surface area contributed by atoms with Crippen molar-refractivity contribution >= 4 is 11.8 Å². The second kappa shape index (κ2) is 12.8. The Morgan fingerprint density at radius 3 is 1.95 bits per heavy atom. The minimum absolute atomic E-state index is 0.00999. The number of halogens is 6. The molecular weight excluding hydrogens is 578 g/mol. The van der Waals surface area contributed by atoms with Crippen LogP contribution in [0.25, 0.3) is 0 Å². The summed E-state index contributed by atoms with van der Waals surface area (Å²) in [6.45, 7) is 5.70. The van der Waals surface area contributed by atoms with Gasteiger partial charge in [0.05, 0.1) is 30.9 Å². The van der Waals surface area contributed by atoms with Crippen LogP contribution in [0.4, 0.5) is 26.3 Å². The first-order valence-electron chi connectivity index (χ1n) is 14.4. The zero-order chi connectivity index (χ0) is 30.8. The summed E-state index contributed by atoms with van der Waals surface area (Å²) in [5.74, 6) is -0.982. The molecule has 3 aliphatic rings. The van der Waals surface area contributed by atoms with Gasteiger partial charge >= 0.3 is 12.4 Å². The van der Waals surface area contributed by atoms with Crippen molar-refractivity contribution in [2.24, 2.45) is 0 Å². The largest absolute Gasteiger partial charge is 0.416 e. The van der Waals surface area contributed by atoms with Crippen molar-refractivity contribution in [3.8, 4) is 0 Å². The number of nitrogens with zero attached hydrogens (tertiary/aromatic N) is 4. The smallest absolute Gasteiger partial charge is 0.378 e. The first-order chi connectivity index (χ1) is 20.4. The number of ether oxygens (including phenoxy) is 1. The highest BCUT2D eigenvalue weighted by molar-refractivity contribution is 5.95. The molecule has 0 unspecified atom stereocenters. The van der Waals surface area contributed by atoms with Gasteiger partial charge in [-0.2, -0.15) is 26.3 Å². The molecule has 0 N–H and O–H groups in total. The Morgan fingerprint density at radius 2 is 1.37 bits per heavy atom. The van der Waals surface area contributed by atoms with Crippen LogP contribution < -0.4 is 0 Å². The topological polar surface area (TPSA) is 56.3 Å². The molecular formula is C30H34F6N4O3. The third-order valence-corrected chi connectivity index (χ3v) is 8.52. The zero-order valence-corrected chi connectivity index (χ0v) is 23.5. The van der Waals surface area contributed by atoms with Crippen LogP contribution in [0.1, 0.15) is 39.4 Å². The van der Waals surface area contributed by atoms with Gasteiger partial charge in [0.2, 0.25) is 5.91 Å². The minimum atomic E-state index is -5.04. The fraction of sp³-hybridized carbons (Fsp3) is 0.533. The highest BCUT2D eigenvalue weighted by Crippen LogP contribution is 2.38. The van der Waals surface area contributed by atoms with Crippen LogP contribution in [0.15, 0.2) is 48.5 Å². The summed E-state index contributed by atoms with van der Waals surface area (Å²) < 4.78 is 86.0. The number of piperidine rings is 1. The maximum atomic E-state index is 13.4. The quantitative estimate of drug-likeness (QED) is 0.474. The summed E-state index contributed by atoms with van der Waals surface area (Å²) in [4.78, 5) is 33.7. The summed E-state index contributed by atoms with van der Waals surface area (Å²) in [7, 11) is 0. The Morgan fingerprint density at radius 1 is 0.767 bits per heavy atom. The summed E-state index contributed by atoms with van der Waals surface area (Å²) in [6.07, 6.45) is -9.57. The average Bonchev–Trinajstić information content (AvgIpc) is 3.00. The first kappa shape index (κ1) is 31.3. The molecule has 2 atom stereocenters. The summed E-state index contributed by atoms with van der Waals surface area (Å²) in [5.41, 5.74) is -2.71. The molecule has 43 heavy (non-hydrogen) atoms. The van der Waals surface area contributed by atoms with Gasteiger partial charge in [0.15, 0.2) is 0 Å². The summed E-state index contributed by atoms with van der Waals surface area (Å²) in [5, 5.41) is 0. The van der Waals surface area contributed by atoms with Gasteiger partial charge in [-0.1, -0.05) is 30.3 Å². The van der Waals surface area contributed by atoms with Gasteiger partial charge in [0.1, 0.15) is 0 Å². The molecule has 13 heteroatoms. The lowest BCUT2D eigenvalue weighted by molar-refractivity contribution is -0.143. The molecule has 3 saturated heterocycles. The van der Waals surface area contributed by atoms with Crippen LogP contribution in [-0.2, 0) is 21.9 Å². The van der Waals surface area contributed by atoms with Crippen molar-refractivity contribution in [3.63, 3.8) is 0 Å². The number of rotatable bonds is 5. The lowest BCUT2D eigenvalue weighted by Crippen LogP contribution is -2.57. The molecule has 0 radical (unpaired) electrons. The first-order valence-corrected chi connectivity index (χ1v) is 14.4. The fourth-order valence-electron chi connectivity index (χ4n) is 6.21. The number of amides is 2. The number of carbonyl (C=O) groups is 2. The maximum absolute atomic E-state index is 13.4. The normalized spacial score (nSPS) is 22.9. The molecule has 3 aliphatic heterocycles. The zero-order valence-electron chi connectivity index (χ0n) is 23.5. The summed E-state index contributed by atoms with van der Waals surface area (Å²) >= 11 is 0. The SMILES string of the molecule is O=C(CN1CCN([C@H]2CCN(C(=O)c3cc(C(F)(F)F)cc(C(F)(F)F)c3)C[C@H]2c2ccccc2)CC1)N1CCOCC1. The van der Waals surface area contributed by atoms with Gasteiger partial charge in [-0.05, 0) is 30.2 Å². The number of alkyl halides is 6. The molecule has 3 fully saturated rings. The summed E-state index contributed by atoms with van der Waals surface area (Å²) in [6, 6.07) is 10.5. The molecule has 0 saturated carbocycles. The van der Waals surface area contributed by atoms with E-state index >= 15 is 0 Å². The van der Waals surface area contributed by atoms with Gasteiger partial charge in [-0.25, -0.2) is 0 Å². The van der Waals surface area contributed by atoms with E-state index in [0.717, 1.165) is 5.56 Å². The predicted octanol–water partition coefficient (Wildman–Crippen LogP) is 4.20. The van der Waals surface area contributed by atoms with E-state index in [9.17, 15) is 35.9 Å². The molecule has 0 bridgehead atoms. The van der Waals surface area contributed by atoms with Crippen LogP contribution in [-0.4, -0.2) is 110 Å². The average molecular weight is 613 g/mol. The standard InChI is InChI=1S/C30H34F6N4O3/c31-29(32,33)23-16-22(17-24(18-23)30(34,35)36)28(42)40-7-6-26(25(19-40)21-4-2-1-3-5-21)38-10-8-37(9-11-38)20-27(41)39-12-14-43-15-13-39/h1-5,16-18,25-26H,6-15,19-20H2/t25-,26-/m0/s1. The van der Waals surface area contributed by atoms with Crippen molar-refractivity contribution in [1.82, 2.24) is 19.6 Å². The van der Waals surface area contributed by atoms with Crippen LogP contribution in [0, 0.1) is 0 Å². The van der Waals surface area contributed by atoms with Gasteiger partial charge in [-0.15, -0.1) is 0 Å². The van der Waals surface area contributed by atoms with E-state index in [1.54, 1.807) is 0 Å². The molecule has 0 aliphatic carbocycles. The monoisotopic (exact) mass is 612 g/mol. The Kier molecular flexibility index (Phi) is 9.33. The number of piperazine rings is 1. The molecule has 0 spiro atoms. The molecule has 5 rings (SSSR count). The van der Waals surface area contributed by atoms with E-state index in [1.807, 2.05) is 35.2 Å². The van der Waals surface area contributed by atoms with Gasteiger partial charge in [0, 0.05) is 69.9 Å². The van der Waals surface area contributed by atoms with Crippen molar-refractivity contribution < 1.29 is 40.7 Å². The highest BCUT2D eigenvalue weighted by Gasteiger charge is 2.40. The van der Waals surface area contributed by atoms with E-state index in [2.05, 4.69) is 9.80 Å². The van der Waals surface area contributed by atoms with Crippen LogP contribution in [0.2, 0.25) is 0 Å². The third-order valence-electron chi connectivity index (χ3n) is 8.52. The van der Waals surface area contributed by atoms with Gasteiger partial charge in [0.25, 0.3) is 5.91 Å². The van der Waals surface area contributed by atoms with Crippen LogP contribution >= 0.6 is 0 Å². The van der Waals surface area contributed by atoms with Crippen molar-refractivity contribution in [1.29, 1.82) is 0 Å². The molecule has 234 valence electrons. The van der Waals surface area contributed by atoms with Crippen molar-refractivity contribution in [3.05, 3.63) is 70.8 Å². The Labute approximate surface area is 246 Å². The van der Waals surface area contributed by atoms with E-state index in [1.165, 1.54) is 4.90 Å². The van der Waals surface area contributed by atoms with Crippen molar-refractivity contribution in [2.75, 3.05) is 72.1 Å². The van der Waals surface area contributed by atoms with E-state index < -0.39 is 35.0 Å². The lowest BCUT2D eigenvalue weighted by Gasteiger charge is -2.47. The molecule has 2 aromatic rings. The molecule has 2 aromatic carbocycles. The fourth-order valence-corrected chi connectivity index (χ4v) is 6.21. The number of carbonyl (C=O) groups excluding carboxylic acids is 2. The predicted molar refractivity (Wildman–Crippen MR) is 145 cm³/mol. The van der Waals surface area contributed by atoms with Crippen LogP contribution in [0.5, 0.6) is 0 Å². The second-order valence-corrected chi connectivity index (χ2v) is 11.2. The molecule has 2 amide bonds. The maximum Gasteiger partial charge on any atom is 0.416 e. The lowest BCUT2D eigenvalue weighted by atomic mass is 9.84. The molecule has 7 nitrogen and oxygen atoms in total. The molecule has 0 aromatic heterocycles. The Balaban J connectivity index is 1.30. The number of morpholine rings is 1. The third kappa shape index (κ3) is 7.50. The van der Waals surface area contributed by atoms with Gasteiger partial charge < -0.3 is 14.5 Å². The number of hydrogen-bond acceptors (Lipinski definition) is 5. The van der Waals surface area contributed by atoms with E-state index in [4.69, 9.17) is 4.74 Å². The number of benzene rings is 2. The van der Waals surface area contributed by atoms with E-state index in [0.29, 0.717) is 77.6 Å². The van der Waals surface area contributed by atoms with Gasteiger partial charge in [-0.3, -0.25) is 19.4 Å². The minimum Gasteiger partial charge on any atom is -0.378 e. The molecule has 3 heterocycles. The Bertz CT molecular complexity index is 1240. The second-order valence-electron chi connectivity index (χ2n) is 11.2.